The third-order valence-electron chi connectivity index (χ3n) is 8.03. The van der Waals surface area contributed by atoms with Gasteiger partial charge in [0.25, 0.3) is 0 Å². The van der Waals surface area contributed by atoms with Crippen molar-refractivity contribution in [2.75, 3.05) is 65.4 Å². The van der Waals surface area contributed by atoms with Gasteiger partial charge in [0.05, 0.1) is 18.4 Å². The first kappa shape index (κ1) is 27.3. The van der Waals surface area contributed by atoms with Crippen LogP contribution in [0.5, 0.6) is 0 Å². The van der Waals surface area contributed by atoms with Gasteiger partial charge in [-0.3, -0.25) is 19.4 Å². The summed E-state index contributed by atoms with van der Waals surface area (Å²) in [6, 6.07) is 10.6. The Bertz CT molecular complexity index is 913. The van der Waals surface area contributed by atoms with Crippen molar-refractivity contribution >= 4 is 18.0 Å². The van der Waals surface area contributed by atoms with Gasteiger partial charge in [-0.1, -0.05) is 30.3 Å². The molecule has 4 rings (SSSR count). The van der Waals surface area contributed by atoms with Gasteiger partial charge < -0.3 is 24.7 Å². The van der Waals surface area contributed by atoms with Crippen LogP contribution in [0, 0.1) is 5.41 Å². The number of piperidine rings is 1. The maximum atomic E-state index is 12.3. The smallest absolute Gasteiger partial charge is 0.410 e. The van der Waals surface area contributed by atoms with E-state index in [1.807, 2.05) is 0 Å². The van der Waals surface area contributed by atoms with Crippen molar-refractivity contribution in [1.82, 2.24) is 19.6 Å². The van der Waals surface area contributed by atoms with E-state index in [1.165, 1.54) is 5.56 Å². The largest absolute Gasteiger partial charge is 0.481 e. The number of piperazine rings is 1. The molecule has 0 aromatic heterocycles. The number of amides is 1. The highest BCUT2D eigenvalue weighted by Gasteiger charge is 2.44. The number of benzene rings is 1. The van der Waals surface area contributed by atoms with E-state index in [-0.39, 0.29) is 18.6 Å². The van der Waals surface area contributed by atoms with Crippen molar-refractivity contribution < 1.29 is 29.3 Å². The molecule has 1 aromatic carbocycles. The maximum absolute atomic E-state index is 12.3. The molecule has 1 unspecified atom stereocenters. The zero-order valence-corrected chi connectivity index (χ0v) is 21.6. The quantitative estimate of drug-likeness (QED) is 0.403. The number of likely N-dealkylation sites (tertiary alicyclic amines) is 1. The predicted octanol–water partition coefficient (Wildman–Crippen LogP) is 2.05. The van der Waals surface area contributed by atoms with Gasteiger partial charge in [0, 0.05) is 45.8 Å². The molecule has 0 spiro atoms. The third-order valence-corrected chi connectivity index (χ3v) is 8.03. The molecule has 37 heavy (non-hydrogen) atoms. The van der Waals surface area contributed by atoms with E-state index in [2.05, 4.69) is 45.0 Å². The maximum Gasteiger partial charge on any atom is 0.410 e. The van der Waals surface area contributed by atoms with Gasteiger partial charge in [-0.2, -0.15) is 0 Å². The number of hydrogen-bond acceptors (Lipinski definition) is 7. The molecule has 2 N–H and O–H groups in total. The fourth-order valence-electron chi connectivity index (χ4n) is 5.71. The second-order valence-corrected chi connectivity index (χ2v) is 10.7. The van der Waals surface area contributed by atoms with Gasteiger partial charge in [-0.05, 0) is 50.9 Å². The Kier molecular flexibility index (Phi) is 9.39. The number of aliphatic carboxylic acids is 2. The van der Waals surface area contributed by atoms with Gasteiger partial charge in [0.2, 0.25) is 0 Å². The molecule has 204 valence electrons. The highest BCUT2D eigenvalue weighted by Crippen LogP contribution is 2.35. The number of carboxylic acid groups (broad SMARTS) is 2. The average Bonchev–Trinajstić information content (AvgIpc) is 3.23. The van der Waals surface area contributed by atoms with Crippen LogP contribution in [0.4, 0.5) is 4.79 Å². The van der Waals surface area contributed by atoms with Crippen molar-refractivity contribution in [1.29, 1.82) is 0 Å². The molecule has 0 radical (unpaired) electrons. The molecule has 3 aliphatic rings. The topological polar surface area (TPSA) is 114 Å². The summed E-state index contributed by atoms with van der Waals surface area (Å²) in [4.78, 5) is 44.0. The molecular formula is C27H40N4O6. The minimum Gasteiger partial charge on any atom is -0.481 e. The van der Waals surface area contributed by atoms with Gasteiger partial charge in [-0.25, -0.2) is 4.79 Å². The number of carbonyl (C=O) groups excluding carboxylic acids is 1. The summed E-state index contributed by atoms with van der Waals surface area (Å²) in [6.45, 7) is 9.13. The molecule has 1 atom stereocenters. The molecule has 10 heteroatoms. The lowest BCUT2D eigenvalue weighted by Gasteiger charge is -2.38. The number of unbranched alkanes of at least 4 members (excludes halogenated alkanes) is 1. The SMILES string of the molecule is O=C(O)CC1(C(=O)O)CCN(CC2CN(CCCCN3CCN(Cc4ccccc4)CC3)C(=O)O2)CC1. The van der Waals surface area contributed by atoms with Gasteiger partial charge in [0.1, 0.15) is 6.10 Å². The molecular weight excluding hydrogens is 476 g/mol. The van der Waals surface area contributed by atoms with E-state index in [0.29, 0.717) is 45.6 Å². The number of ether oxygens (including phenoxy) is 1. The highest BCUT2D eigenvalue weighted by atomic mass is 16.6. The fraction of sp³-hybridized carbons (Fsp3) is 0.667. The molecule has 3 aliphatic heterocycles. The Labute approximate surface area is 218 Å². The van der Waals surface area contributed by atoms with Crippen LogP contribution in [0.1, 0.15) is 37.7 Å². The van der Waals surface area contributed by atoms with Gasteiger partial charge in [0.15, 0.2) is 0 Å². The van der Waals surface area contributed by atoms with E-state index >= 15 is 0 Å². The summed E-state index contributed by atoms with van der Waals surface area (Å²) in [5.74, 6) is -2.12. The van der Waals surface area contributed by atoms with Crippen LogP contribution in [0.15, 0.2) is 30.3 Å². The number of cyclic esters (lactones) is 1. The lowest BCUT2D eigenvalue weighted by Crippen LogP contribution is -2.47. The summed E-state index contributed by atoms with van der Waals surface area (Å²) in [6.07, 6.45) is 1.70. The van der Waals surface area contributed by atoms with E-state index in [0.717, 1.165) is 52.1 Å². The van der Waals surface area contributed by atoms with Crippen molar-refractivity contribution in [3.05, 3.63) is 35.9 Å². The number of nitrogens with zero attached hydrogens (tertiary/aromatic N) is 4. The lowest BCUT2D eigenvalue weighted by molar-refractivity contribution is -0.159. The van der Waals surface area contributed by atoms with Crippen molar-refractivity contribution in [2.45, 2.75) is 44.8 Å². The summed E-state index contributed by atoms with van der Waals surface area (Å²) in [7, 11) is 0. The standard InChI is InChI=1S/C27H40N4O6/c32-24(33)18-27(25(34)35)8-12-29(13-9-27)20-23-21-31(26(36)37-23)11-5-4-10-28-14-16-30(17-15-28)19-22-6-2-1-3-7-22/h1-3,6-7,23H,4-5,8-21H2,(H,32,33)(H,34,35). The predicted molar refractivity (Wildman–Crippen MR) is 137 cm³/mol. The fourth-order valence-corrected chi connectivity index (χ4v) is 5.71. The Morgan fingerprint density at radius 3 is 2.19 bits per heavy atom. The van der Waals surface area contributed by atoms with Crippen molar-refractivity contribution in [3.8, 4) is 0 Å². The molecule has 3 heterocycles. The van der Waals surface area contributed by atoms with Gasteiger partial charge >= 0.3 is 18.0 Å². The van der Waals surface area contributed by atoms with Crippen LogP contribution < -0.4 is 0 Å². The lowest BCUT2D eigenvalue weighted by atomic mass is 9.75. The second kappa shape index (κ2) is 12.7. The Morgan fingerprint density at radius 2 is 1.54 bits per heavy atom. The molecule has 0 saturated carbocycles. The monoisotopic (exact) mass is 516 g/mol. The van der Waals surface area contributed by atoms with Crippen LogP contribution in [0.25, 0.3) is 0 Å². The van der Waals surface area contributed by atoms with Crippen LogP contribution in [-0.4, -0.2) is 119 Å². The van der Waals surface area contributed by atoms with Crippen LogP contribution in [0.3, 0.4) is 0 Å². The molecule has 0 bridgehead atoms. The first-order valence-corrected chi connectivity index (χ1v) is 13.4. The van der Waals surface area contributed by atoms with Crippen molar-refractivity contribution in [3.63, 3.8) is 0 Å². The third kappa shape index (κ3) is 7.66. The number of carbonyl (C=O) groups is 3. The minimum atomic E-state index is -1.20. The Balaban J connectivity index is 1.09. The molecule has 3 fully saturated rings. The Hall–Kier alpha value is -2.69. The molecule has 0 aliphatic carbocycles. The summed E-state index contributed by atoms with van der Waals surface area (Å²) >= 11 is 0. The Morgan fingerprint density at radius 1 is 0.892 bits per heavy atom. The summed E-state index contributed by atoms with van der Waals surface area (Å²) in [5.41, 5.74) is 0.161. The van der Waals surface area contributed by atoms with Crippen LogP contribution in [-0.2, 0) is 20.9 Å². The normalized spacial score (nSPS) is 23.2. The first-order valence-electron chi connectivity index (χ1n) is 13.4. The zero-order chi connectivity index (χ0) is 26.3. The summed E-state index contributed by atoms with van der Waals surface area (Å²) in [5, 5.41) is 18.7. The molecule has 3 saturated heterocycles. The highest BCUT2D eigenvalue weighted by molar-refractivity contribution is 5.81. The average molecular weight is 517 g/mol. The summed E-state index contributed by atoms with van der Waals surface area (Å²) < 4.78 is 5.57. The van der Waals surface area contributed by atoms with Crippen LogP contribution >= 0.6 is 0 Å². The number of hydrogen-bond donors (Lipinski definition) is 2. The second-order valence-electron chi connectivity index (χ2n) is 10.7. The number of rotatable bonds is 12. The van der Waals surface area contributed by atoms with E-state index in [4.69, 9.17) is 9.84 Å². The molecule has 1 aromatic rings. The van der Waals surface area contributed by atoms with Crippen molar-refractivity contribution in [2.24, 2.45) is 5.41 Å². The van der Waals surface area contributed by atoms with E-state index in [9.17, 15) is 19.5 Å². The molecule has 10 nitrogen and oxygen atoms in total. The van der Waals surface area contributed by atoms with Gasteiger partial charge in [-0.15, -0.1) is 0 Å². The zero-order valence-electron chi connectivity index (χ0n) is 21.6. The first-order chi connectivity index (χ1) is 17.8. The molecule has 1 amide bonds. The van der Waals surface area contributed by atoms with E-state index < -0.39 is 17.4 Å². The van der Waals surface area contributed by atoms with E-state index in [1.54, 1.807) is 4.90 Å². The number of carboxylic acids is 2. The minimum absolute atomic E-state index is 0.234. The van der Waals surface area contributed by atoms with Crippen LogP contribution in [0.2, 0.25) is 0 Å².